The lowest BCUT2D eigenvalue weighted by atomic mass is 9.98. The van der Waals surface area contributed by atoms with E-state index in [0.29, 0.717) is 12.8 Å². The van der Waals surface area contributed by atoms with Gasteiger partial charge in [-0.3, -0.25) is 9.59 Å². The van der Waals surface area contributed by atoms with E-state index in [9.17, 15) is 45.3 Å². The maximum Gasteiger partial charge on any atom is 0.306 e. The molecule has 0 saturated carbocycles. The third-order valence-corrected chi connectivity index (χ3v) is 13.1. The Balaban J connectivity index is 1.75. The molecule has 7 N–H and O–H groups in total. The minimum absolute atomic E-state index is 0.173. The Morgan fingerprint density at radius 3 is 1.18 bits per heavy atom. The summed E-state index contributed by atoms with van der Waals surface area (Å²) in [6.45, 7) is 2.61. The van der Waals surface area contributed by atoms with Crippen LogP contribution in [0, 0.1) is 0 Å². The van der Waals surface area contributed by atoms with E-state index < -0.39 is 92.7 Å². The molecule has 0 aromatic carbocycles. The topological polar surface area (TPSA) is 231 Å². The van der Waals surface area contributed by atoms with E-state index in [-0.39, 0.29) is 26.1 Å². The number of aliphatic hydroxyl groups excluding tert-OH is 7. The summed E-state index contributed by atoms with van der Waals surface area (Å²) in [5, 5.41) is 72.0. The van der Waals surface area contributed by atoms with Crippen molar-refractivity contribution in [2.24, 2.45) is 0 Å². The van der Waals surface area contributed by atoms with Gasteiger partial charge in [0.15, 0.2) is 18.7 Å². The lowest BCUT2D eigenvalue weighted by Crippen LogP contribution is -2.61. The summed E-state index contributed by atoms with van der Waals surface area (Å²) in [6, 6.07) is 0. The Kier molecular flexibility index (Phi) is 36.0. The highest BCUT2D eigenvalue weighted by Crippen LogP contribution is 2.27. The Morgan fingerprint density at radius 1 is 0.424 bits per heavy atom. The van der Waals surface area contributed by atoms with Crippen molar-refractivity contribution >= 4 is 11.9 Å². The summed E-state index contributed by atoms with van der Waals surface area (Å²) >= 11 is 0. The molecular formula is C51H96O15. The second-order valence-corrected chi connectivity index (χ2v) is 19.1. The van der Waals surface area contributed by atoms with Crippen molar-refractivity contribution < 1.29 is 73.8 Å². The van der Waals surface area contributed by atoms with E-state index in [1.54, 1.807) is 0 Å². The van der Waals surface area contributed by atoms with E-state index >= 15 is 0 Å². The van der Waals surface area contributed by atoms with Crippen LogP contribution in [-0.2, 0) is 38.0 Å². The molecule has 15 heteroatoms. The second-order valence-electron chi connectivity index (χ2n) is 19.1. The number of aliphatic hydroxyl groups is 7. The molecule has 2 saturated heterocycles. The predicted octanol–water partition coefficient (Wildman–Crippen LogP) is 7.61. The van der Waals surface area contributed by atoms with E-state index in [2.05, 4.69) is 13.8 Å². The standard InChI is InChI=1S/C51H96O15/c1-3-5-7-9-11-13-15-16-17-18-19-20-21-22-23-24-26-28-30-32-34-43(54)64-39(36-61-42(53)33-31-29-27-25-14-12-10-8-6-4-2)37-62-50-49(60)47(58)45(56)41(66-50)38-63-51-48(59)46(57)44(55)40(35-52)65-51/h39-41,44-52,55-60H,3-38H2,1-2H3/t39-,40+,41+,44-,45-,46?,47?,48?,49?,50+,51+/m1/s1. The van der Waals surface area contributed by atoms with Crippen molar-refractivity contribution in [2.45, 2.75) is 287 Å². The number of esters is 2. The van der Waals surface area contributed by atoms with Crippen molar-refractivity contribution in [1.82, 2.24) is 0 Å². The van der Waals surface area contributed by atoms with Crippen LogP contribution < -0.4 is 0 Å². The lowest BCUT2D eigenvalue weighted by Gasteiger charge is -2.42. The van der Waals surface area contributed by atoms with Crippen molar-refractivity contribution in [3.05, 3.63) is 0 Å². The van der Waals surface area contributed by atoms with Gasteiger partial charge >= 0.3 is 11.9 Å². The van der Waals surface area contributed by atoms with Crippen LogP contribution in [-0.4, -0.2) is 142 Å². The smallest absolute Gasteiger partial charge is 0.306 e. The Hall–Kier alpha value is -1.50. The SMILES string of the molecule is CCCCCCCCCCCCCCCCCCCCCCC(=O)O[C@H](COC(=O)CCCCCCCCCCCC)CO[C@H]1O[C@@H](CO[C@H]2O[C@@H](CO)[C@@H](O)C(O)C2O)[C@@H](O)C(O)C1O. The van der Waals surface area contributed by atoms with Crippen molar-refractivity contribution in [1.29, 1.82) is 0 Å². The molecule has 2 heterocycles. The number of hydrogen-bond acceptors (Lipinski definition) is 15. The summed E-state index contributed by atoms with van der Waals surface area (Å²) in [5.41, 5.74) is 0. The third kappa shape index (κ3) is 27.0. The van der Waals surface area contributed by atoms with Crippen LogP contribution in [0.3, 0.4) is 0 Å². The van der Waals surface area contributed by atoms with Crippen molar-refractivity contribution in [2.75, 3.05) is 26.4 Å². The molecule has 11 atom stereocenters. The van der Waals surface area contributed by atoms with Gasteiger partial charge in [-0.05, 0) is 12.8 Å². The molecule has 66 heavy (non-hydrogen) atoms. The Bertz CT molecular complexity index is 1160. The fourth-order valence-corrected chi connectivity index (χ4v) is 8.69. The molecule has 0 bridgehead atoms. The van der Waals surface area contributed by atoms with Gasteiger partial charge in [-0.2, -0.15) is 0 Å². The van der Waals surface area contributed by atoms with E-state index in [0.717, 1.165) is 38.5 Å². The molecule has 0 spiro atoms. The van der Waals surface area contributed by atoms with Crippen LogP contribution in [0.2, 0.25) is 0 Å². The molecule has 0 aromatic rings. The van der Waals surface area contributed by atoms with Gasteiger partial charge in [0.05, 0.1) is 19.8 Å². The van der Waals surface area contributed by atoms with Gasteiger partial charge in [0, 0.05) is 12.8 Å². The first-order valence-corrected chi connectivity index (χ1v) is 26.6. The van der Waals surface area contributed by atoms with Crippen LogP contribution in [0.4, 0.5) is 0 Å². The molecule has 2 aliphatic rings. The molecule has 390 valence electrons. The van der Waals surface area contributed by atoms with E-state index in [1.807, 2.05) is 0 Å². The van der Waals surface area contributed by atoms with Gasteiger partial charge in [0.25, 0.3) is 0 Å². The van der Waals surface area contributed by atoms with Crippen LogP contribution in [0.1, 0.15) is 219 Å². The molecule has 15 nitrogen and oxygen atoms in total. The first-order valence-electron chi connectivity index (χ1n) is 26.6. The largest absolute Gasteiger partial charge is 0.462 e. The first-order chi connectivity index (χ1) is 32.0. The number of carbonyl (C=O) groups is 2. The molecule has 2 aliphatic heterocycles. The molecular weight excluding hydrogens is 853 g/mol. The van der Waals surface area contributed by atoms with Gasteiger partial charge in [-0.1, -0.05) is 194 Å². The van der Waals surface area contributed by atoms with Gasteiger partial charge in [0.1, 0.15) is 55.4 Å². The van der Waals surface area contributed by atoms with Crippen molar-refractivity contribution in [3.8, 4) is 0 Å². The molecule has 0 amide bonds. The number of carbonyl (C=O) groups excluding carboxylic acids is 2. The first kappa shape index (κ1) is 60.6. The number of unbranched alkanes of at least 4 members (excludes halogenated alkanes) is 28. The van der Waals surface area contributed by atoms with Crippen LogP contribution in [0.15, 0.2) is 0 Å². The maximum atomic E-state index is 13.0. The Labute approximate surface area is 398 Å². The quantitative estimate of drug-likeness (QED) is 0.0231. The number of ether oxygens (including phenoxy) is 6. The normalized spacial score (nSPS) is 26.1. The number of rotatable bonds is 42. The minimum Gasteiger partial charge on any atom is -0.462 e. The summed E-state index contributed by atoms with van der Waals surface area (Å²) in [6.07, 6.45) is 20.0. The lowest BCUT2D eigenvalue weighted by molar-refractivity contribution is -0.332. The highest BCUT2D eigenvalue weighted by Gasteiger charge is 2.47. The summed E-state index contributed by atoms with van der Waals surface area (Å²) in [4.78, 5) is 25.7. The Morgan fingerprint density at radius 2 is 0.773 bits per heavy atom. The predicted molar refractivity (Wildman–Crippen MR) is 252 cm³/mol. The molecule has 4 unspecified atom stereocenters. The maximum absolute atomic E-state index is 13.0. The zero-order valence-corrected chi connectivity index (χ0v) is 41.2. The second kappa shape index (κ2) is 39.2. The molecule has 0 aromatic heterocycles. The van der Waals surface area contributed by atoms with Crippen LogP contribution in [0.25, 0.3) is 0 Å². The van der Waals surface area contributed by atoms with Gasteiger partial charge < -0.3 is 64.2 Å². The highest BCUT2D eigenvalue weighted by molar-refractivity contribution is 5.70. The molecule has 0 radical (unpaired) electrons. The van der Waals surface area contributed by atoms with Crippen LogP contribution in [0.5, 0.6) is 0 Å². The zero-order chi connectivity index (χ0) is 48.2. The molecule has 2 fully saturated rings. The zero-order valence-electron chi connectivity index (χ0n) is 41.2. The number of hydrogen-bond donors (Lipinski definition) is 7. The fraction of sp³-hybridized carbons (Fsp3) is 0.961. The third-order valence-electron chi connectivity index (χ3n) is 13.1. The minimum atomic E-state index is -1.76. The highest BCUT2D eigenvalue weighted by atomic mass is 16.7. The molecule has 0 aliphatic carbocycles. The van der Waals surface area contributed by atoms with E-state index in [4.69, 9.17) is 28.4 Å². The summed E-state index contributed by atoms with van der Waals surface area (Å²) in [5.74, 6) is -0.911. The van der Waals surface area contributed by atoms with Gasteiger partial charge in [-0.25, -0.2) is 0 Å². The molecule has 2 rings (SSSR count). The van der Waals surface area contributed by atoms with Crippen LogP contribution >= 0.6 is 0 Å². The fourth-order valence-electron chi connectivity index (χ4n) is 8.69. The average Bonchev–Trinajstić information content (AvgIpc) is 3.31. The summed E-state index contributed by atoms with van der Waals surface area (Å²) < 4.78 is 33.6. The van der Waals surface area contributed by atoms with Crippen molar-refractivity contribution in [3.63, 3.8) is 0 Å². The van der Waals surface area contributed by atoms with Gasteiger partial charge in [-0.15, -0.1) is 0 Å². The van der Waals surface area contributed by atoms with E-state index in [1.165, 1.54) is 141 Å². The van der Waals surface area contributed by atoms with Gasteiger partial charge in [0.2, 0.25) is 0 Å². The summed E-state index contributed by atoms with van der Waals surface area (Å²) in [7, 11) is 0. The monoisotopic (exact) mass is 949 g/mol. The average molecular weight is 949 g/mol.